The Labute approximate surface area is 126 Å². The van der Waals surface area contributed by atoms with Crippen molar-refractivity contribution in [1.29, 1.82) is 0 Å². The van der Waals surface area contributed by atoms with Crippen LogP contribution in [-0.4, -0.2) is 28.0 Å². The van der Waals surface area contributed by atoms with E-state index in [1.54, 1.807) is 6.20 Å². The number of rotatable bonds is 5. The van der Waals surface area contributed by atoms with Crippen LogP contribution in [0.3, 0.4) is 0 Å². The summed E-state index contributed by atoms with van der Waals surface area (Å²) < 4.78 is 1.92. The first kappa shape index (κ1) is 18.2. The van der Waals surface area contributed by atoms with Gasteiger partial charge in [-0.05, 0) is 25.8 Å². The highest BCUT2D eigenvalue weighted by Gasteiger charge is 2.15. The molecule has 0 bridgehead atoms. The largest absolute Gasteiger partial charge is 0.349 e. The lowest BCUT2D eigenvalue weighted by atomic mass is 10.1. The quantitative estimate of drug-likeness (QED) is 0.865. The lowest BCUT2D eigenvalue weighted by molar-refractivity contribution is -0.121. The van der Waals surface area contributed by atoms with Gasteiger partial charge in [0.25, 0.3) is 0 Å². The molecule has 5 nitrogen and oxygen atoms in total. The molecule has 1 unspecified atom stereocenters. The first-order chi connectivity index (χ1) is 8.25. The summed E-state index contributed by atoms with van der Waals surface area (Å²) in [5, 5.41) is 6.29. The Balaban J connectivity index is 0.00000162. The van der Waals surface area contributed by atoms with Gasteiger partial charge in [0.05, 0.1) is 6.54 Å². The second-order valence-electron chi connectivity index (χ2n) is 4.56. The first-order valence-corrected chi connectivity index (χ1v) is 6.22. The SMILES string of the molecule is Cl.Cl.Cn1ccnc1CNC(=O)CCC1CCCN1. The van der Waals surface area contributed by atoms with E-state index in [9.17, 15) is 4.79 Å². The van der Waals surface area contributed by atoms with Crippen LogP contribution in [0.5, 0.6) is 0 Å². The lowest BCUT2D eigenvalue weighted by Crippen LogP contribution is -2.27. The van der Waals surface area contributed by atoms with E-state index in [1.165, 1.54) is 12.8 Å². The van der Waals surface area contributed by atoms with Gasteiger partial charge in [-0.25, -0.2) is 4.98 Å². The van der Waals surface area contributed by atoms with Crippen LogP contribution in [0, 0.1) is 0 Å². The number of amides is 1. The molecule has 110 valence electrons. The van der Waals surface area contributed by atoms with E-state index in [4.69, 9.17) is 0 Å². The molecular formula is C12H22Cl2N4O. The highest BCUT2D eigenvalue weighted by atomic mass is 35.5. The molecule has 1 aromatic rings. The number of carbonyl (C=O) groups is 1. The molecule has 2 heterocycles. The zero-order valence-electron chi connectivity index (χ0n) is 11.1. The molecule has 19 heavy (non-hydrogen) atoms. The number of imidazole rings is 1. The van der Waals surface area contributed by atoms with Gasteiger partial charge in [0.2, 0.25) is 5.91 Å². The van der Waals surface area contributed by atoms with Gasteiger partial charge in [0.15, 0.2) is 0 Å². The summed E-state index contributed by atoms with van der Waals surface area (Å²) in [6.07, 6.45) is 7.59. The number of halogens is 2. The van der Waals surface area contributed by atoms with Crippen molar-refractivity contribution in [3.05, 3.63) is 18.2 Å². The van der Waals surface area contributed by atoms with Crippen LogP contribution in [0.4, 0.5) is 0 Å². The fourth-order valence-electron chi connectivity index (χ4n) is 2.14. The van der Waals surface area contributed by atoms with Crippen molar-refractivity contribution in [3.8, 4) is 0 Å². The minimum Gasteiger partial charge on any atom is -0.349 e. The molecule has 1 fully saturated rings. The topological polar surface area (TPSA) is 59.0 Å². The second kappa shape index (κ2) is 9.18. The fourth-order valence-corrected chi connectivity index (χ4v) is 2.14. The van der Waals surface area contributed by atoms with Gasteiger partial charge >= 0.3 is 0 Å². The van der Waals surface area contributed by atoms with E-state index in [0.717, 1.165) is 18.8 Å². The van der Waals surface area contributed by atoms with Gasteiger partial charge in [-0.2, -0.15) is 0 Å². The summed E-state index contributed by atoms with van der Waals surface area (Å²) in [6.45, 7) is 1.61. The van der Waals surface area contributed by atoms with Crippen LogP contribution in [-0.2, 0) is 18.4 Å². The molecule has 1 atom stereocenters. The van der Waals surface area contributed by atoms with Crippen molar-refractivity contribution < 1.29 is 4.79 Å². The van der Waals surface area contributed by atoms with Crippen LogP contribution in [0.1, 0.15) is 31.5 Å². The third-order valence-corrected chi connectivity index (χ3v) is 3.25. The van der Waals surface area contributed by atoms with E-state index >= 15 is 0 Å². The average Bonchev–Trinajstić information content (AvgIpc) is 2.95. The summed E-state index contributed by atoms with van der Waals surface area (Å²) >= 11 is 0. The smallest absolute Gasteiger partial charge is 0.220 e. The molecule has 7 heteroatoms. The van der Waals surface area contributed by atoms with Gasteiger partial charge in [-0.3, -0.25) is 4.79 Å². The molecule has 0 aromatic carbocycles. The highest BCUT2D eigenvalue weighted by Crippen LogP contribution is 2.10. The fraction of sp³-hybridized carbons (Fsp3) is 0.667. The predicted molar refractivity (Wildman–Crippen MR) is 79.8 cm³/mol. The first-order valence-electron chi connectivity index (χ1n) is 6.22. The predicted octanol–water partition coefficient (Wildman–Crippen LogP) is 1.41. The van der Waals surface area contributed by atoms with Gasteiger partial charge in [-0.15, -0.1) is 24.8 Å². The van der Waals surface area contributed by atoms with E-state index in [1.807, 2.05) is 17.8 Å². The number of aromatic nitrogens is 2. The summed E-state index contributed by atoms with van der Waals surface area (Å²) in [5.74, 6) is 0.999. The van der Waals surface area contributed by atoms with Crippen LogP contribution >= 0.6 is 24.8 Å². The number of hydrogen-bond donors (Lipinski definition) is 2. The van der Waals surface area contributed by atoms with E-state index in [0.29, 0.717) is 19.0 Å². The lowest BCUT2D eigenvalue weighted by Gasteiger charge is -2.09. The van der Waals surface area contributed by atoms with Gasteiger partial charge in [-0.1, -0.05) is 0 Å². The van der Waals surface area contributed by atoms with Gasteiger partial charge in [0.1, 0.15) is 5.82 Å². The number of aryl methyl sites for hydroxylation is 1. The molecule has 1 aliphatic heterocycles. The van der Waals surface area contributed by atoms with Crippen molar-refractivity contribution in [3.63, 3.8) is 0 Å². The standard InChI is InChI=1S/C12H20N4O.2ClH/c1-16-8-7-14-11(16)9-15-12(17)5-4-10-3-2-6-13-10;;/h7-8,10,13H,2-6,9H2,1H3,(H,15,17);2*1H. The van der Waals surface area contributed by atoms with Gasteiger partial charge in [0, 0.05) is 31.9 Å². The summed E-state index contributed by atoms with van der Waals surface area (Å²) in [6, 6.07) is 0.536. The molecule has 1 aromatic heterocycles. The number of nitrogens with zero attached hydrogens (tertiary/aromatic N) is 2. The molecule has 0 radical (unpaired) electrons. The summed E-state index contributed by atoms with van der Waals surface area (Å²) in [7, 11) is 1.93. The Bertz CT molecular complexity index is 378. The molecule has 1 saturated heterocycles. The maximum atomic E-state index is 11.6. The van der Waals surface area contributed by atoms with Crippen LogP contribution in [0.2, 0.25) is 0 Å². The normalized spacial score (nSPS) is 17.4. The molecule has 1 amide bonds. The Morgan fingerprint density at radius 3 is 2.95 bits per heavy atom. The second-order valence-corrected chi connectivity index (χ2v) is 4.56. The number of hydrogen-bond acceptors (Lipinski definition) is 3. The molecule has 0 aliphatic carbocycles. The van der Waals surface area contributed by atoms with Crippen molar-refractivity contribution in [2.24, 2.45) is 7.05 Å². The zero-order valence-corrected chi connectivity index (χ0v) is 12.7. The molecule has 0 spiro atoms. The molecular weight excluding hydrogens is 287 g/mol. The third-order valence-electron chi connectivity index (χ3n) is 3.25. The molecule has 2 rings (SSSR count). The minimum absolute atomic E-state index is 0. The van der Waals surface area contributed by atoms with Crippen molar-refractivity contribution >= 4 is 30.7 Å². The Morgan fingerprint density at radius 2 is 2.37 bits per heavy atom. The molecule has 1 aliphatic rings. The summed E-state index contributed by atoms with van der Waals surface area (Å²) in [4.78, 5) is 15.8. The van der Waals surface area contributed by atoms with Crippen LogP contribution < -0.4 is 10.6 Å². The zero-order chi connectivity index (χ0) is 12.1. The van der Waals surface area contributed by atoms with Crippen LogP contribution in [0.15, 0.2) is 12.4 Å². The number of nitrogens with one attached hydrogen (secondary N) is 2. The molecule has 0 saturated carbocycles. The number of carbonyl (C=O) groups excluding carboxylic acids is 1. The van der Waals surface area contributed by atoms with Gasteiger partial charge < -0.3 is 15.2 Å². The Hall–Kier alpha value is -0.780. The Kier molecular flexibility index (Phi) is 8.80. The van der Waals surface area contributed by atoms with E-state index in [-0.39, 0.29) is 30.7 Å². The van der Waals surface area contributed by atoms with E-state index in [2.05, 4.69) is 15.6 Å². The Morgan fingerprint density at radius 1 is 1.58 bits per heavy atom. The van der Waals surface area contributed by atoms with Crippen molar-refractivity contribution in [1.82, 2.24) is 20.2 Å². The van der Waals surface area contributed by atoms with Crippen molar-refractivity contribution in [2.75, 3.05) is 6.54 Å². The molecule has 2 N–H and O–H groups in total. The van der Waals surface area contributed by atoms with E-state index < -0.39 is 0 Å². The van der Waals surface area contributed by atoms with Crippen molar-refractivity contribution in [2.45, 2.75) is 38.3 Å². The average molecular weight is 309 g/mol. The highest BCUT2D eigenvalue weighted by molar-refractivity contribution is 5.85. The maximum Gasteiger partial charge on any atom is 0.220 e. The monoisotopic (exact) mass is 308 g/mol. The van der Waals surface area contributed by atoms with Crippen LogP contribution in [0.25, 0.3) is 0 Å². The summed E-state index contributed by atoms with van der Waals surface area (Å²) in [5.41, 5.74) is 0. The third kappa shape index (κ3) is 5.80. The minimum atomic E-state index is 0. The maximum absolute atomic E-state index is 11.6.